The summed E-state index contributed by atoms with van der Waals surface area (Å²) in [7, 11) is 2.26. The SMILES string of the molecule is CCNC1CCC2(CC1N(C)C(C)C(C)(C)C)OCCO2. The van der Waals surface area contributed by atoms with Crippen molar-refractivity contribution < 1.29 is 9.47 Å². The van der Waals surface area contributed by atoms with E-state index in [1.54, 1.807) is 0 Å². The Labute approximate surface area is 130 Å². The first-order valence-electron chi connectivity index (χ1n) is 8.52. The second-order valence-electron chi connectivity index (χ2n) is 7.79. The van der Waals surface area contributed by atoms with Gasteiger partial charge in [-0.25, -0.2) is 0 Å². The van der Waals surface area contributed by atoms with Gasteiger partial charge in [0.1, 0.15) is 0 Å². The van der Waals surface area contributed by atoms with E-state index in [2.05, 4.69) is 51.9 Å². The van der Waals surface area contributed by atoms with Crippen molar-refractivity contribution in [3.63, 3.8) is 0 Å². The molecule has 1 N–H and O–H groups in total. The monoisotopic (exact) mass is 298 g/mol. The number of likely N-dealkylation sites (N-methyl/N-ethyl adjacent to an activating group) is 2. The summed E-state index contributed by atoms with van der Waals surface area (Å²) in [5.41, 5.74) is 0.271. The van der Waals surface area contributed by atoms with E-state index in [1.165, 1.54) is 0 Å². The van der Waals surface area contributed by atoms with E-state index in [9.17, 15) is 0 Å². The highest BCUT2D eigenvalue weighted by Gasteiger charge is 2.47. The quantitative estimate of drug-likeness (QED) is 0.865. The van der Waals surface area contributed by atoms with Crippen LogP contribution in [0.1, 0.15) is 53.9 Å². The van der Waals surface area contributed by atoms with Gasteiger partial charge in [-0.2, -0.15) is 0 Å². The van der Waals surface area contributed by atoms with Gasteiger partial charge in [0, 0.05) is 31.0 Å². The van der Waals surface area contributed by atoms with E-state index in [0.717, 1.165) is 39.0 Å². The van der Waals surface area contributed by atoms with Crippen LogP contribution in [0, 0.1) is 5.41 Å². The average Bonchev–Trinajstić information content (AvgIpc) is 2.87. The summed E-state index contributed by atoms with van der Waals surface area (Å²) < 4.78 is 12.0. The van der Waals surface area contributed by atoms with Crippen LogP contribution in [-0.2, 0) is 9.47 Å². The lowest BCUT2D eigenvalue weighted by Gasteiger charge is -2.49. The molecule has 1 aliphatic heterocycles. The van der Waals surface area contributed by atoms with Gasteiger partial charge in [0.25, 0.3) is 0 Å². The minimum Gasteiger partial charge on any atom is -0.347 e. The van der Waals surface area contributed by atoms with Crippen LogP contribution >= 0.6 is 0 Å². The van der Waals surface area contributed by atoms with Crippen LogP contribution in [0.2, 0.25) is 0 Å². The van der Waals surface area contributed by atoms with E-state index >= 15 is 0 Å². The molecule has 0 aromatic carbocycles. The van der Waals surface area contributed by atoms with Crippen LogP contribution in [0.3, 0.4) is 0 Å². The standard InChI is InChI=1S/C17H34N2O2/c1-7-18-14-8-9-17(20-10-11-21-17)12-15(14)19(6)13(2)16(3,4)5/h13-15,18H,7-12H2,1-6H3. The van der Waals surface area contributed by atoms with Crippen molar-refractivity contribution in [2.75, 3.05) is 26.8 Å². The molecule has 0 amide bonds. The van der Waals surface area contributed by atoms with Crippen LogP contribution in [0.15, 0.2) is 0 Å². The highest BCUT2D eigenvalue weighted by Crippen LogP contribution is 2.39. The number of hydrogen-bond donors (Lipinski definition) is 1. The second kappa shape index (κ2) is 6.53. The van der Waals surface area contributed by atoms with E-state index in [-0.39, 0.29) is 11.2 Å². The van der Waals surface area contributed by atoms with Crippen molar-refractivity contribution >= 4 is 0 Å². The van der Waals surface area contributed by atoms with Gasteiger partial charge in [0.15, 0.2) is 5.79 Å². The fourth-order valence-electron chi connectivity index (χ4n) is 3.72. The lowest BCUT2D eigenvalue weighted by atomic mass is 9.81. The Hall–Kier alpha value is -0.160. The fourth-order valence-corrected chi connectivity index (χ4v) is 3.72. The molecule has 1 heterocycles. The molecule has 1 saturated carbocycles. The minimum absolute atomic E-state index is 0.271. The molecule has 3 unspecified atom stereocenters. The molecule has 4 nitrogen and oxygen atoms in total. The first-order valence-corrected chi connectivity index (χ1v) is 8.52. The summed E-state index contributed by atoms with van der Waals surface area (Å²) in [5.74, 6) is -0.317. The zero-order chi connectivity index (χ0) is 15.7. The zero-order valence-corrected chi connectivity index (χ0v) is 14.7. The highest BCUT2D eigenvalue weighted by molar-refractivity contribution is 4.98. The maximum Gasteiger partial charge on any atom is 0.170 e. The zero-order valence-electron chi connectivity index (χ0n) is 14.7. The second-order valence-corrected chi connectivity index (χ2v) is 7.79. The van der Waals surface area contributed by atoms with Crippen LogP contribution in [0.5, 0.6) is 0 Å². The van der Waals surface area contributed by atoms with Gasteiger partial charge in [0.05, 0.1) is 13.2 Å². The topological polar surface area (TPSA) is 33.7 Å². The molecule has 0 radical (unpaired) electrons. The predicted octanol–water partition coefficient (Wildman–Crippen LogP) is 2.63. The Balaban J connectivity index is 2.13. The van der Waals surface area contributed by atoms with Crippen molar-refractivity contribution in [1.29, 1.82) is 0 Å². The van der Waals surface area contributed by atoms with Crippen molar-refractivity contribution in [1.82, 2.24) is 10.2 Å². The fraction of sp³-hybridized carbons (Fsp3) is 1.00. The van der Waals surface area contributed by atoms with Crippen LogP contribution < -0.4 is 5.32 Å². The number of nitrogens with zero attached hydrogens (tertiary/aromatic N) is 1. The summed E-state index contributed by atoms with van der Waals surface area (Å²) in [4.78, 5) is 2.54. The Morgan fingerprint density at radius 2 is 1.90 bits per heavy atom. The summed E-state index contributed by atoms with van der Waals surface area (Å²) >= 11 is 0. The molecule has 0 aromatic heterocycles. The highest BCUT2D eigenvalue weighted by atomic mass is 16.7. The van der Waals surface area contributed by atoms with Gasteiger partial charge >= 0.3 is 0 Å². The van der Waals surface area contributed by atoms with Gasteiger partial charge < -0.3 is 14.8 Å². The maximum atomic E-state index is 5.98. The average molecular weight is 298 g/mol. The number of ether oxygens (including phenoxy) is 2. The van der Waals surface area contributed by atoms with Crippen molar-refractivity contribution in [3.8, 4) is 0 Å². The molecule has 1 saturated heterocycles. The third kappa shape index (κ3) is 3.79. The molecule has 2 rings (SSSR count). The number of rotatable bonds is 4. The molecular weight excluding hydrogens is 264 g/mol. The Bertz CT molecular complexity index is 334. The van der Waals surface area contributed by atoms with E-state index in [0.29, 0.717) is 18.1 Å². The first kappa shape index (κ1) is 17.2. The van der Waals surface area contributed by atoms with E-state index in [1.807, 2.05) is 0 Å². The summed E-state index contributed by atoms with van der Waals surface area (Å²) in [6, 6.07) is 1.51. The van der Waals surface area contributed by atoms with Crippen LogP contribution in [0.25, 0.3) is 0 Å². The molecule has 3 atom stereocenters. The molecule has 1 spiro atoms. The Morgan fingerprint density at radius 3 is 2.43 bits per heavy atom. The summed E-state index contributed by atoms with van der Waals surface area (Å²) in [5, 5.41) is 3.68. The van der Waals surface area contributed by atoms with Crippen molar-refractivity contribution in [3.05, 3.63) is 0 Å². The summed E-state index contributed by atoms with van der Waals surface area (Å²) in [6.45, 7) is 14.0. The normalized spacial score (nSPS) is 31.0. The lowest BCUT2D eigenvalue weighted by molar-refractivity contribution is -0.195. The van der Waals surface area contributed by atoms with Crippen molar-refractivity contribution in [2.45, 2.75) is 77.8 Å². The van der Waals surface area contributed by atoms with Gasteiger partial charge in [-0.1, -0.05) is 27.7 Å². The molecule has 124 valence electrons. The van der Waals surface area contributed by atoms with E-state index in [4.69, 9.17) is 9.47 Å². The summed E-state index contributed by atoms with van der Waals surface area (Å²) in [6.07, 6.45) is 3.11. The number of nitrogens with one attached hydrogen (secondary N) is 1. The molecule has 1 aliphatic carbocycles. The first-order chi connectivity index (χ1) is 9.79. The smallest absolute Gasteiger partial charge is 0.170 e. The Morgan fingerprint density at radius 1 is 1.29 bits per heavy atom. The Kier molecular flexibility index (Phi) is 5.35. The number of hydrogen-bond acceptors (Lipinski definition) is 4. The molecule has 0 aromatic rings. The predicted molar refractivity (Wildman–Crippen MR) is 86.4 cm³/mol. The minimum atomic E-state index is -0.317. The maximum absolute atomic E-state index is 5.98. The largest absolute Gasteiger partial charge is 0.347 e. The van der Waals surface area contributed by atoms with Gasteiger partial charge in [-0.15, -0.1) is 0 Å². The van der Waals surface area contributed by atoms with Crippen LogP contribution in [0.4, 0.5) is 0 Å². The third-order valence-electron chi connectivity index (χ3n) is 5.49. The van der Waals surface area contributed by atoms with Crippen molar-refractivity contribution in [2.24, 2.45) is 5.41 Å². The van der Waals surface area contributed by atoms with Crippen LogP contribution in [-0.4, -0.2) is 55.6 Å². The molecular formula is C17H34N2O2. The van der Waals surface area contributed by atoms with Gasteiger partial charge in [-0.3, -0.25) is 4.90 Å². The van der Waals surface area contributed by atoms with Gasteiger partial charge in [-0.05, 0) is 32.4 Å². The molecule has 21 heavy (non-hydrogen) atoms. The molecule has 2 aliphatic rings. The van der Waals surface area contributed by atoms with Gasteiger partial charge in [0.2, 0.25) is 0 Å². The molecule has 4 heteroatoms. The lowest BCUT2D eigenvalue weighted by Crippen LogP contribution is -2.60. The third-order valence-corrected chi connectivity index (χ3v) is 5.49. The molecule has 2 fully saturated rings. The van der Waals surface area contributed by atoms with E-state index < -0.39 is 0 Å². The molecule has 0 bridgehead atoms.